The molecule has 2 aromatic heterocycles. The van der Waals surface area contributed by atoms with E-state index < -0.39 is 0 Å². The van der Waals surface area contributed by atoms with Gasteiger partial charge in [0.15, 0.2) is 0 Å². The second kappa shape index (κ2) is 7.32. The van der Waals surface area contributed by atoms with Gasteiger partial charge in [0, 0.05) is 17.5 Å². The summed E-state index contributed by atoms with van der Waals surface area (Å²) in [6, 6.07) is 0.263. The number of carbonyl (C=O) groups excluding carboxylic acids is 1. The lowest BCUT2D eigenvalue weighted by molar-refractivity contribution is -0.128. The van der Waals surface area contributed by atoms with Crippen molar-refractivity contribution >= 4 is 39.2 Å². The fourth-order valence-electron chi connectivity index (χ4n) is 4.09. The van der Waals surface area contributed by atoms with E-state index in [2.05, 4.69) is 16.9 Å². The number of hydrogen-bond acceptors (Lipinski definition) is 6. The first-order valence-electron chi connectivity index (χ1n) is 9.17. The van der Waals surface area contributed by atoms with E-state index in [1.165, 1.54) is 22.2 Å². The van der Waals surface area contributed by atoms with Gasteiger partial charge in [-0.05, 0) is 50.6 Å². The smallest absolute Gasteiger partial charge is 0.259 e. The third-order valence-electron chi connectivity index (χ3n) is 5.40. The number of nitrogens with one attached hydrogen (secondary N) is 1. The summed E-state index contributed by atoms with van der Waals surface area (Å²) in [5.41, 5.74) is 6.90. The number of H-pyrrole nitrogens is 1. The molecule has 0 spiro atoms. The summed E-state index contributed by atoms with van der Waals surface area (Å²) >= 11 is 3.16. The van der Waals surface area contributed by atoms with Gasteiger partial charge in [-0.15, -0.1) is 23.1 Å². The fraction of sp³-hybridized carbons (Fsp3) is 0.611. The van der Waals surface area contributed by atoms with Crippen molar-refractivity contribution in [2.75, 3.05) is 18.8 Å². The first-order valence-corrected chi connectivity index (χ1v) is 11.1. The van der Waals surface area contributed by atoms with Crippen LogP contribution in [0.15, 0.2) is 4.79 Å². The Morgan fingerprint density at radius 2 is 2.31 bits per heavy atom. The van der Waals surface area contributed by atoms with Gasteiger partial charge >= 0.3 is 0 Å². The third-order valence-corrected chi connectivity index (χ3v) is 7.52. The van der Waals surface area contributed by atoms with Crippen molar-refractivity contribution in [2.24, 2.45) is 11.7 Å². The minimum atomic E-state index is -0.0321. The number of thioether (sulfide) groups is 1. The van der Waals surface area contributed by atoms with E-state index in [4.69, 9.17) is 5.73 Å². The van der Waals surface area contributed by atoms with E-state index in [-0.39, 0.29) is 17.5 Å². The molecule has 3 heterocycles. The average molecular weight is 393 g/mol. The highest BCUT2D eigenvalue weighted by Crippen LogP contribution is 2.34. The summed E-state index contributed by atoms with van der Waals surface area (Å²) in [6.45, 7) is 3.48. The summed E-state index contributed by atoms with van der Waals surface area (Å²) in [5.74, 6) is 2.18. The van der Waals surface area contributed by atoms with Crippen LogP contribution in [-0.4, -0.2) is 45.7 Å². The number of hydrogen-bond donors (Lipinski definition) is 2. The molecule has 140 valence electrons. The number of aromatic nitrogens is 2. The summed E-state index contributed by atoms with van der Waals surface area (Å²) in [7, 11) is 0. The van der Waals surface area contributed by atoms with Gasteiger partial charge < -0.3 is 15.6 Å². The molecule has 3 N–H and O–H groups in total. The van der Waals surface area contributed by atoms with E-state index >= 15 is 0 Å². The molecular formula is C18H24N4O2S2. The molecular weight excluding hydrogens is 368 g/mol. The SMILES string of the molecule is CC1CC(CN)CN1C(=O)CSCc1nc2sc3c(c2c(=O)[nH]1)CCC3. The molecule has 4 rings (SSSR count). The van der Waals surface area contributed by atoms with Gasteiger partial charge in [0.2, 0.25) is 5.91 Å². The lowest BCUT2D eigenvalue weighted by Gasteiger charge is -2.21. The second-order valence-corrected chi connectivity index (χ2v) is 9.34. The van der Waals surface area contributed by atoms with Crippen LogP contribution in [-0.2, 0) is 23.4 Å². The fourth-order valence-corrected chi connectivity index (χ4v) is 6.15. The number of rotatable bonds is 5. The van der Waals surface area contributed by atoms with Gasteiger partial charge in [-0.25, -0.2) is 4.98 Å². The molecule has 1 fully saturated rings. The number of nitrogens with two attached hydrogens (primary N) is 1. The quantitative estimate of drug-likeness (QED) is 0.811. The van der Waals surface area contributed by atoms with Crippen molar-refractivity contribution in [3.8, 4) is 0 Å². The molecule has 2 atom stereocenters. The van der Waals surface area contributed by atoms with E-state index in [1.807, 2.05) is 4.90 Å². The van der Waals surface area contributed by atoms with E-state index in [9.17, 15) is 9.59 Å². The Hall–Kier alpha value is -1.38. The van der Waals surface area contributed by atoms with Gasteiger partial charge in [0.25, 0.3) is 5.56 Å². The largest absolute Gasteiger partial charge is 0.339 e. The number of likely N-dealkylation sites (tertiary alicyclic amines) is 1. The number of amides is 1. The maximum absolute atomic E-state index is 12.5. The van der Waals surface area contributed by atoms with Crippen LogP contribution >= 0.6 is 23.1 Å². The van der Waals surface area contributed by atoms with Crippen LogP contribution in [0.25, 0.3) is 10.2 Å². The van der Waals surface area contributed by atoms with Crippen molar-refractivity contribution in [3.05, 3.63) is 26.6 Å². The highest BCUT2D eigenvalue weighted by molar-refractivity contribution is 7.99. The Labute approximate surface area is 160 Å². The zero-order chi connectivity index (χ0) is 18.3. The Morgan fingerprint density at radius 1 is 1.46 bits per heavy atom. The topological polar surface area (TPSA) is 92.1 Å². The van der Waals surface area contributed by atoms with Crippen LogP contribution in [0.2, 0.25) is 0 Å². The second-order valence-electron chi connectivity index (χ2n) is 7.28. The van der Waals surface area contributed by atoms with Gasteiger partial charge in [-0.3, -0.25) is 9.59 Å². The number of aryl methyl sites for hydroxylation is 2. The summed E-state index contributed by atoms with van der Waals surface area (Å²) in [4.78, 5) is 36.6. The van der Waals surface area contributed by atoms with Crippen molar-refractivity contribution < 1.29 is 4.79 Å². The standard InChI is InChI=1S/C18H24N4O2S2/c1-10-5-11(6-19)7-22(10)15(23)9-25-8-14-20-17(24)16-12-3-2-4-13(12)26-18(16)21-14/h10-11H,2-9,19H2,1H3,(H,20,21,24). The number of thiophene rings is 1. The molecule has 0 aromatic carbocycles. The summed E-state index contributed by atoms with van der Waals surface area (Å²) in [5, 5.41) is 0.783. The molecule has 1 saturated heterocycles. The lowest BCUT2D eigenvalue weighted by Crippen LogP contribution is -2.35. The number of nitrogens with zero attached hydrogens (tertiary/aromatic N) is 2. The normalized spacial score (nSPS) is 22.3. The van der Waals surface area contributed by atoms with Crippen LogP contribution in [0.4, 0.5) is 0 Å². The number of aromatic amines is 1. The van der Waals surface area contributed by atoms with Gasteiger partial charge in [0.1, 0.15) is 10.7 Å². The first kappa shape index (κ1) is 18.0. The Balaban J connectivity index is 1.39. The van der Waals surface area contributed by atoms with Crippen LogP contribution in [0.1, 0.15) is 36.0 Å². The Bertz CT molecular complexity index is 891. The number of carbonyl (C=O) groups is 1. The van der Waals surface area contributed by atoms with Gasteiger partial charge in [0.05, 0.1) is 16.9 Å². The average Bonchev–Trinajstić information content (AvgIpc) is 3.28. The zero-order valence-corrected chi connectivity index (χ0v) is 16.5. The van der Waals surface area contributed by atoms with E-state index in [0.29, 0.717) is 29.8 Å². The molecule has 0 bridgehead atoms. The van der Waals surface area contributed by atoms with Crippen molar-refractivity contribution in [2.45, 2.75) is 44.4 Å². The monoisotopic (exact) mass is 392 g/mol. The molecule has 0 radical (unpaired) electrons. The zero-order valence-electron chi connectivity index (χ0n) is 14.9. The lowest BCUT2D eigenvalue weighted by atomic mass is 10.1. The van der Waals surface area contributed by atoms with E-state index in [1.54, 1.807) is 11.3 Å². The molecule has 0 saturated carbocycles. The molecule has 1 amide bonds. The summed E-state index contributed by atoms with van der Waals surface area (Å²) < 4.78 is 0. The molecule has 1 aliphatic carbocycles. The third kappa shape index (κ3) is 3.30. The maximum atomic E-state index is 12.5. The molecule has 2 unspecified atom stereocenters. The Morgan fingerprint density at radius 3 is 3.08 bits per heavy atom. The minimum absolute atomic E-state index is 0.0321. The van der Waals surface area contributed by atoms with Crippen molar-refractivity contribution in [3.63, 3.8) is 0 Å². The highest BCUT2D eigenvalue weighted by Gasteiger charge is 2.31. The Kier molecular flexibility index (Phi) is 5.07. The molecule has 2 aliphatic rings. The first-order chi connectivity index (χ1) is 12.6. The molecule has 6 nitrogen and oxygen atoms in total. The van der Waals surface area contributed by atoms with Crippen LogP contribution < -0.4 is 11.3 Å². The van der Waals surface area contributed by atoms with E-state index in [0.717, 1.165) is 42.4 Å². The van der Waals surface area contributed by atoms with Gasteiger partial charge in [-0.2, -0.15) is 0 Å². The van der Waals surface area contributed by atoms with Crippen molar-refractivity contribution in [1.82, 2.24) is 14.9 Å². The summed E-state index contributed by atoms with van der Waals surface area (Å²) in [6.07, 6.45) is 4.17. The minimum Gasteiger partial charge on any atom is -0.339 e. The molecule has 2 aromatic rings. The number of fused-ring (bicyclic) bond motifs is 3. The van der Waals surface area contributed by atoms with Crippen LogP contribution in [0, 0.1) is 5.92 Å². The molecule has 26 heavy (non-hydrogen) atoms. The van der Waals surface area contributed by atoms with Crippen LogP contribution in [0.3, 0.4) is 0 Å². The molecule has 1 aliphatic heterocycles. The van der Waals surface area contributed by atoms with Crippen LogP contribution in [0.5, 0.6) is 0 Å². The maximum Gasteiger partial charge on any atom is 0.259 e. The van der Waals surface area contributed by atoms with Gasteiger partial charge in [-0.1, -0.05) is 0 Å². The molecule has 8 heteroatoms. The predicted molar refractivity (Wildman–Crippen MR) is 107 cm³/mol. The predicted octanol–water partition coefficient (Wildman–Crippen LogP) is 1.90. The highest BCUT2D eigenvalue weighted by atomic mass is 32.2. The van der Waals surface area contributed by atoms with Crippen molar-refractivity contribution in [1.29, 1.82) is 0 Å².